The number of anilines is 2. The van der Waals surface area contributed by atoms with Gasteiger partial charge in [-0.05, 0) is 48.0 Å². The predicted octanol–water partition coefficient (Wildman–Crippen LogP) is 6.92. The van der Waals surface area contributed by atoms with Crippen LogP contribution in [0.4, 0.5) is 16.2 Å². The van der Waals surface area contributed by atoms with Crippen molar-refractivity contribution in [2.75, 3.05) is 4.90 Å². The molecule has 4 aromatic carbocycles. The number of benzene rings is 4. The normalized spacial score (nSPS) is 10.6. The lowest BCUT2D eigenvalue weighted by Crippen LogP contribution is -2.29. The van der Waals surface area contributed by atoms with Gasteiger partial charge in [0.15, 0.2) is 5.78 Å². The highest BCUT2D eigenvalue weighted by molar-refractivity contribution is 6.06. The molecular weight excluding hydrogens is 398 g/mol. The van der Waals surface area contributed by atoms with Crippen LogP contribution >= 0.6 is 0 Å². The maximum atomic E-state index is 13.0. The summed E-state index contributed by atoms with van der Waals surface area (Å²) in [5.41, 5.74) is 2.89. The lowest BCUT2D eigenvalue weighted by molar-refractivity contribution is 0.104. The molecule has 4 rings (SSSR count). The van der Waals surface area contributed by atoms with Crippen LogP contribution in [0.15, 0.2) is 121 Å². The number of para-hydroxylation sites is 2. The second-order valence-electron chi connectivity index (χ2n) is 7.01. The molecule has 0 unspecified atom stereocenters. The fourth-order valence-electron chi connectivity index (χ4n) is 3.18. The van der Waals surface area contributed by atoms with Gasteiger partial charge in [-0.2, -0.15) is 0 Å². The van der Waals surface area contributed by atoms with E-state index in [4.69, 9.17) is 4.74 Å². The molecule has 0 fully saturated rings. The number of carbonyl (C=O) groups excluding carboxylic acids is 2. The molecule has 4 nitrogen and oxygen atoms in total. The van der Waals surface area contributed by atoms with E-state index < -0.39 is 6.09 Å². The first-order valence-electron chi connectivity index (χ1n) is 10.2. The Morgan fingerprint density at radius 1 is 0.625 bits per heavy atom. The number of rotatable bonds is 6. The maximum Gasteiger partial charge on any atom is 0.424 e. The third kappa shape index (κ3) is 5.18. The standard InChI is InChI=1S/C28H21NO3/c30-27(23-10-4-1-5-11-23)21-18-22-16-19-26(20-17-22)32-28(31)29(24-12-6-2-7-13-24)25-14-8-3-9-15-25/h1-21H/b21-18+. The summed E-state index contributed by atoms with van der Waals surface area (Å²) in [5, 5.41) is 0. The number of hydrogen-bond acceptors (Lipinski definition) is 3. The SMILES string of the molecule is O=C(/C=C/c1ccc(OC(=O)N(c2ccccc2)c2ccccc2)cc1)c1ccccc1. The van der Waals surface area contributed by atoms with Crippen LogP contribution in [0.5, 0.6) is 5.75 Å². The van der Waals surface area contributed by atoms with E-state index in [9.17, 15) is 9.59 Å². The molecule has 0 aliphatic heterocycles. The lowest BCUT2D eigenvalue weighted by Gasteiger charge is -2.22. The first kappa shape index (κ1) is 20.8. The largest absolute Gasteiger partial charge is 0.424 e. The first-order valence-corrected chi connectivity index (χ1v) is 10.2. The van der Waals surface area contributed by atoms with Gasteiger partial charge in [0.05, 0.1) is 11.4 Å². The van der Waals surface area contributed by atoms with E-state index in [-0.39, 0.29) is 5.78 Å². The van der Waals surface area contributed by atoms with Crippen LogP contribution in [0, 0.1) is 0 Å². The molecule has 0 aliphatic carbocycles. The van der Waals surface area contributed by atoms with Crippen LogP contribution in [-0.2, 0) is 0 Å². The number of allylic oxidation sites excluding steroid dienone is 1. The van der Waals surface area contributed by atoms with Crippen molar-refractivity contribution in [2.24, 2.45) is 0 Å². The Balaban J connectivity index is 1.48. The summed E-state index contributed by atoms with van der Waals surface area (Å²) >= 11 is 0. The van der Waals surface area contributed by atoms with Crippen LogP contribution in [0.3, 0.4) is 0 Å². The molecule has 0 heterocycles. The average molecular weight is 419 g/mol. The van der Waals surface area contributed by atoms with Gasteiger partial charge in [-0.3, -0.25) is 4.79 Å². The quantitative estimate of drug-likeness (QED) is 0.252. The third-order valence-electron chi connectivity index (χ3n) is 4.78. The smallest absolute Gasteiger partial charge is 0.410 e. The minimum atomic E-state index is -0.509. The number of hydrogen-bond donors (Lipinski definition) is 0. The summed E-state index contributed by atoms with van der Waals surface area (Å²) in [6.45, 7) is 0. The molecule has 0 spiro atoms. The first-order chi connectivity index (χ1) is 15.7. The molecule has 156 valence electrons. The summed E-state index contributed by atoms with van der Waals surface area (Å²) in [7, 11) is 0. The fraction of sp³-hybridized carbons (Fsp3) is 0. The Morgan fingerprint density at radius 2 is 1.12 bits per heavy atom. The van der Waals surface area contributed by atoms with Crippen molar-refractivity contribution < 1.29 is 14.3 Å². The van der Waals surface area contributed by atoms with Gasteiger partial charge < -0.3 is 4.74 Å². The van der Waals surface area contributed by atoms with Crippen LogP contribution in [-0.4, -0.2) is 11.9 Å². The van der Waals surface area contributed by atoms with Crippen molar-refractivity contribution in [3.8, 4) is 5.75 Å². The van der Waals surface area contributed by atoms with E-state index in [2.05, 4.69) is 0 Å². The molecule has 1 amide bonds. The van der Waals surface area contributed by atoms with Gasteiger partial charge in [0.2, 0.25) is 0 Å². The number of ketones is 1. The molecule has 0 aliphatic rings. The summed E-state index contributed by atoms with van der Waals surface area (Å²) < 4.78 is 5.63. The monoisotopic (exact) mass is 419 g/mol. The fourth-order valence-corrected chi connectivity index (χ4v) is 3.18. The second kappa shape index (κ2) is 10.0. The molecule has 4 heteroatoms. The Morgan fingerprint density at radius 3 is 1.66 bits per heavy atom. The molecule has 0 bridgehead atoms. The second-order valence-corrected chi connectivity index (χ2v) is 7.01. The van der Waals surface area contributed by atoms with Gasteiger partial charge in [-0.25, -0.2) is 9.69 Å². The Labute approximate surface area is 187 Å². The molecule has 0 atom stereocenters. The minimum Gasteiger partial charge on any atom is -0.410 e. The Kier molecular flexibility index (Phi) is 6.54. The number of nitrogens with zero attached hydrogens (tertiary/aromatic N) is 1. The number of amides is 1. The van der Waals surface area contributed by atoms with Crippen LogP contribution in [0.2, 0.25) is 0 Å². The number of ether oxygens (including phenoxy) is 1. The van der Waals surface area contributed by atoms with E-state index in [1.165, 1.54) is 11.0 Å². The van der Waals surface area contributed by atoms with Gasteiger partial charge >= 0.3 is 6.09 Å². The minimum absolute atomic E-state index is 0.0672. The zero-order chi connectivity index (χ0) is 22.2. The van der Waals surface area contributed by atoms with E-state index in [1.54, 1.807) is 42.5 Å². The zero-order valence-electron chi connectivity index (χ0n) is 17.3. The molecule has 4 aromatic rings. The van der Waals surface area contributed by atoms with Gasteiger partial charge in [0, 0.05) is 5.56 Å². The molecule has 0 saturated heterocycles. The van der Waals surface area contributed by atoms with Crippen molar-refractivity contribution in [2.45, 2.75) is 0 Å². The summed E-state index contributed by atoms with van der Waals surface area (Å²) in [6, 6.07) is 34.8. The highest BCUT2D eigenvalue weighted by atomic mass is 16.6. The molecule has 0 radical (unpaired) electrons. The Bertz CT molecular complexity index is 1160. The third-order valence-corrected chi connectivity index (χ3v) is 4.78. The summed E-state index contributed by atoms with van der Waals surface area (Å²) in [4.78, 5) is 26.7. The van der Waals surface area contributed by atoms with Gasteiger partial charge in [-0.15, -0.1) is 0 Å². The van der Waals surface area contributed by atoms with Gasteiger partial charge in [0.25, 0.3) is 0 Å². The van der Waals surface area contributed by atoms with Crippen LogP contribution < -0.4 is 9.64 Å². The van der Waals surface area contributed by atoms with Crippen LogP contribution in [0.25, 0.3) is 6.08 Å². The van der Waals surface area contributed by atoms with Gasteiger partial charge in [0.1, 0.15) is 5.75 Å². The van der Waals surface area contributed by atoms with Gasteiger partial charge in [-0.1, -0.05) is 84.9 Å². The average Bonchev–Trinajstić information content (AvgIpc) is 2.85. The van der Waals surface area contributed by atoms with Crippen molar-refractivity contribution >= 4 is 29.3 Å². The number of carbonyl (C=O) groups is 2. The topological polar surface area (TPSA) is 46.6 Å². The maximum absolute atomic E-state index is 13.0. The summed E-state index contributed by atoms with van der Waals surface area (Å²) in [5.74, 6) is 0.348. The molecule has 0 N–H and O–H groups in total. The van der Waals surface area contributed by atoms with E-state index >= 15 is 0 Å². The highest BCUT2D eigenvalue weighted by Gasteiger charge is 2.20. The van der Waals surface area contributed by atoms with Crippen molar-refractivity contribution in [3.63, 3.8) is 0 Å². The molecule has 0 aromatic heterocycles. The highest BCUT2D eigenvalue weighted by Crippen LogP contribution is 2.26. The van der Waals surface area contributed by atoms with Crippen molar-refractivity contribution in [1.82, 2.24) is 0 Å². The summed E-state index contributed by atoms with van der Waals surface area (Å²) in [6.07, 6.45) is 2.76. The zero-order valence-corrected chi connectivity index (χ0v) is 17.3. The van der Waals surface area contributed by atoms with Crippen LogP contribution in [0.1, 0.15) is 15.9 Å². The molecular formula is C28H21NO3. The van der Waals surface area contributed by atoms with E-state index in [0.29, 0.717) is 22.7 Å². The molecule has 0 saturated carbocycles. The van der Waals surface area contributed by atoms with Crippen molar-refractivity contribution in [3.05, 3.63) is 132 Å². The van der Waals surface area contributed by atoms with Crippen molar-refractivity contribution in [1.29, 1.82) is 0 Å². The molecule has 32 heavy (non-hydrogen) atoms. The predicted molar refractivity (Wildman–Crippen MR) is 127 cm³/mol. The van der Waals surface area contributed by atoms with E-state index in [0.717, 1.165) is 5.56 Å². The Hall–Kier alpha value is -4.44. The lowest BCUT2D eigenvalue weighted by atomic mass is 10.1. The van der Waals surface area contributed by atoms with E-state index in [1.807, 2.05) is 78.9 Å².